The van der Waals surface area contributed by atoms with Crippen molar-refractivity contribution in [3.05, 3.63) is 34.7 Å². The van der Waals surface area contributed by atoms with Crippen molar-refractivity contribution in [2.75, 3.05) is 11.9 Å². The van der Waals surface area contributed by atoms with Crippen LogP contribution in [0.1, 0.15) is 38.1 Å². The molecule has 0 unspecified atom stereocenters. The first-order valence-electron chi connectivity index (χ1n) is 9.47. The van der Waals surface area contributed by atoms with E-state index in [1.807, 2.05) is 39.0 Å². The summed E-state index contributed by atoms with van der Waals surface area (Å²) in [5.41, 5.74) is 2.58. The van der Waals surface area contributed by atoms with Crippen molar-refractivity contribution >= 4 is 49.9 Å². The molecule has 0 saturated heterocycles. The standard InChI is InChI=1S/C21H23N3O3S2/c1-12(25)22-18-17(19-23-14-7-5-6-8-15(14)28-19)13-9-10-24(11-16(13)29-18)20(26)27-21(2,3)4/h5-8H,9-11H2,1-4H3,(H,22,25). The highest BCUT2D eigenvalue weighted by Gasteiger charge is 2.31. The normalized spacial score (nSPS) is 14.0. The van der Waals surface area contributed by atoms with Crippen LogP contribution in [0.5, 0.6) is 0 Å². The van der Waals surface area contributed by atoms with Crippen LogP contribution in [0.2, 0.25) is 0 Å². The number of hydrogen-bond acceptors (Lipinski definition) is 6. The Hall–Kier alpha value is -2.45. The fourth-order valence-corrected chi connectivity index (χ4v) is 5.76. The quantitative estimate of drug-likeness (QED) is 0.602. The Morgan fingerprint density at radius 1 is 1.21 bits per heavy atom. The molecule has 3 aromatic rings. The van der Waals surface area contributed by atoms with E-state index >= 15 is 0 Å². The van der Waals surface area contributed by atoms with E-state index in [9.17, 15) is 9.59 Å². The van der Waals surface area contributed by atoms with Crippen LogP contribution < -0.4 is 5.32 Å². The van der Waals surface area contributed by atoms with Gasteiger partial charge in [-0.3, -0.25) is 4.79 Å². The topological polar surface area (TPSA) is 71.5 Å². The third-order valence-corrected chi connectivity index (χ3v) is 6.69. The molecule has 0 spiro atoms. The number of rotatable bonds is 2. The first kappa shape index (κ1) is 19.8. The minimum Gasteiger partial charge on any atom is -0.444 e. The van der Waals surface area contributed by atoms with Crippen LogP contribution in [0.4, 0.5) is 9.80 Å². The number of benzene rings is 1. The molecule has 1 aliphatic heterocycles. The van der Waals surface area contributed by atoms with E-state index in [-0.39, 0.29) is 12.0 Å². The summed E-state index contributed by atoms with van der Waals surface area (Å²) < 4.78 is 6.64. The number of carbonyl (C=O) groups excluding carboxylic acids is 2. The Labute approximate surface area is 177 Å². The first-order chi connectivity index (χ1) is 13.7. The number of hydrogen-bond donors (Lipinski definition) is 1. The van der Waals surface area contributed by atoms with Crippen molar-refractivity contribution in [1.82, 2.24) is 9.88 Å². The Kier molecular flexibility index (Phi) is 5.08. The summed E-state index contributed by atoms with van der Waals surface area (Å²) in [5, 5.41) is 4.67. The van der Waals surface area contributed by atoms with Gasteiger partial charge < -0.3 is 15.0 Å². The van der Waals surface area contributed by atoms with Crippen LogP contribution in [0, 0.1) is 0 Å². The van der Waals surface area contributed by atoms with Gasteiger partial charge in [0.25, 0.3) is 0 Å². The van der Waals surface area contributed by atoms with Crippen molar-refractivity contribution in [2.24, 2.45) is 0 Å². The number of fused-ring (bicyclic) bond motifs is 2. The molecule has 0 radical (unpaired) electrons. The van der Waals surface area contributed by atoms with E-state index in [4.69, 9.17) is 9.72 Å². The van der Waals surface area contributed by atoms with Crippen LogP contribution in [-0.2, 0) is 22.5 Å². The van der Waals surface area contributed by atoms with Gasteiger partial charge in [-0.05, 0) is 44.9 Å². The van der Waals surface area contributed by atoms with Gasteiger partial charge in [0.05, 0.1) is 16.8 Å². The van der Waals surface area contributed by atoms with Crippen molar-refractivity contribution in [3.8, 4) is 10.6 Å². The third-order valence-electron chi connectivity index (χ3n) is 4.51. The minimum atomic E-state index is -0.527. The fraction of sp³-hybridized carbons (Fsp3) is 0.381. The number of nitrogens with zero attached hydrogens (tertiary/aromatic N) is 2. The average Bonchev–Trinajstić information content (AvgIpc) is 3.18. The van der Waals surface area contributed by atoms with E-state index in [2.05, 4.69) is 11.4 Å². The number of anilines is 1. The van der Waals surface area contributed by atoms with Gasteiger partial charge >= 0.3 is 6.09 Å². The van der Waals surface area contributed by atoms with Crippen LogP contribution >= 0.6 is 22.7 Å². The number of nitrogens with one attached hydrogen (secondary N) is 1. The Bertz CT molecular complexity index is 1060. The van der Waals surface area contributed by atoms with Crippen molar-refractivity contribution in [3.63, 3.8) is 0 Å². The van der Waals surface area contributed by atoms with E-state index in [1.165, 1.54) is 18.3 Å². The lowest BCUT2D eigenvalue weighted by atomic mass is 10.0. The van der Waals surface area contributed by atoms with Gasteiger partial charge in [0.2, 0.25) is 5.91 Å². The molecule has 1 aliphatic rings. The number of ether oxygens (including phenoxy) is 1. The molecule has 0 saturated carbocycles. The minimum absolute atomic E-state index is 0.116. The fourth-order valence-electron chi connectivity index (χ4n) is 3.34. The molecule has 3 heterocycles. The zero-order valence-electron chi connectivity index (χ0n) is 16.9. The first-order valence-corrected chi connectivity index (χ1v) is 11.1. The Balaban J connectivity index is 1.72. The SMILES string of the molecule is CC(=O)Nc1sc2c(c1-c1nc3ccccc3s1)CCN(C(=O)OC(C)(C)C)C2. The lowest BCUT2D eigenvalue weighted by molar-refractivity contribution is -0.114. The third kappa shape index (κ3) is 4.13. The molecule has 0 bridgehead atoms. The zero-order chi connectivity index (χ0) is 20.8. The van der Waals surface area contributed by atoms with Crippen molar-refractivity contribution < 1.29 is 14.3 Å². The van der Waals surface area contributed by atoms with E-state index < -0.39 is 5.60 Å². The van der Waals surface area contributed by atoms with Crippen molar-refractivity contribution in [2.45, 2.75) is 46.3 Å². The van der Waals surface area contributed by atoms with E-state index in [0.29, 0.717) is 19.5 Å². The molecule has 1 N–H and O–H groups in total. The molecule has 152 valence electrons. The summed E-state index contributed by atoms with van der Waals surface area (Å²) in [7, 11) is 0. The van der Waals surface area contributed by atoms with Crippen LogP contribution in [-0.4, -0.2) is 34.0 Å². The number of aromatic nitrogens is 1. The van der Waals surface area contributed by atoms with Crippen molar-refractivity contribution in [1.29, 1.82) is 0 Å². The van der Waals surface area contributed by atoms with Gasteiger partial charge in [0.1, 0.15) is 15.6 Å². The van der Waals surface area contributed by atoms with Gasteiger partial charge in [0, 0.05) is 23.9 Å². The number of carbonyl (C=O) groups is 2. The molecular weight excluding hydrogens is 406 g/mol. The second-order valence-corrected chi connectivity index (χ2v) is 10.2. The van der Waals surface area contributed by atoms with Gasteiger partial charge in [-0.1, -0.05) is 12.1 Å². The summed E-state index contributed by atoms with van der Waals surface area (Å²) in [4.78, 5) is 31.9. The number of para-hydroxylation sites is 1. The largest absolute Gasteiger partial charge is 0.444 e. The lowest BCUT2D eigenvalue weighted by Crippen LogP contribution is -2.39. The molecule has 2 amide bonds. The van der Waals surface area contributed by atoms with Crippen LogP contribution in [0.15, 0.2) is 24.3 Å². The highest BCUT2D eigenvalue weighted by Crippen LogP contribution is 2.45. The highest BCUT2D eigenvalue weighted by molar-refractivity contribution is 7.22. The van der Waals surface area contributed by atoms with Gasteiger partial charge in [-0.2, -0.15) is 0 Å². The molecule has 0 aliphatic carbocycles. The summed E-state index contributed by atoms with van der Waals surface area (Å²) in [6, 6.07) is 8.03. The molecule has 1 aromatic carbocycles. The molecule has 0 atom stereocenters. The van der Waals surface area contributed by atoms with E-state index in [0.717, 1.165) is 36.2 Å². The lowest BCUT2D eigenvalue weighted by Gasteiger charge is -2.30. The van der Waals surface area contributed by atoms with E-state index in [1.54, 1.807) is 16.2 Å². The summed E-state index contributed by atoms with van der Waals surface area (Å²) in [6.07, 6.45) is 0.398. The molecule has 2 aromatic heterocycles. The number of amides is 2. The molecule has 0 fully saturated rings. The predicted molar refractivity (Wildman–Crippen MR) is 118 cm³/mol. The maximum absolute atomic E-state index is 12.5. The Morgan fingerprint density at radius 3 is 2.66 bits per heavy atom. The monoisotopic (exact) mass is 429 g/mol. The second-order valence-electron chi connectivity index (χ2n) is 8.03. The molecule has 4 rings (SSSR count). The maximum atomic E-state index is 12.5. The Morgan fingerprint density at radius 2 is 1.97 bits per heavy atom. The number of thiophene rings is 1. The van der Waals surface area contributed by atoms with Gasteiger partial charge in [0.15, 0.2) is 0 Å². The molecule has 29 heavy (non-hydrogen) atoms. The van der Waals surface area contributed by atoms with Gasteiger partial charge in [-0.15, -0.1) is 22.7 Å². The highest BCUT2D eigenvalue weighted by atomic mass is 32.1. The molecule has 6 nitrogen and oxygen atoms in total. The second kappa shape index (κ2) is 7.42. The number of thiazole rings is 1. The van der Waals surface area contributed by atoms with Crippen LogP contribution in [0.3, 0.4) is 0 Å². The predicted octanol–water partition coefficient (Wildman–Crippen LogP) is 5.28. The summed E-state index contributed by atoms with van der Waals surface area (Å²) >= 11 is 3.14. The smallest absolute Gasteiger partial charge is 0.410 e. The average molecular weight is 430 g/mol. The van der Waals surface area contributed by atoms with Crippen LogP contribution in [0.25, 0.3) is 20.8 Å². The maximum Gasteiger partial charge on any atom is 0.410 e. The van der Waals surface area contributed by atoms with Gasteiger partial charge in [-0.25, -0.2) is 9.78 Å². The summed E-state index contributed by atoms with van der Waals surface area (Å²) in [6.45, 7) is 8.17. The summed E-state index contributed by atoms with van der Waals surface area (Å²) in [5.74, 6) is -0.116. The molecular formula is C21H23N3O3S2. The zero-order valence-corrected chi connectivity index (χ0v) is 18.5. The molecule has 8 heteroatoms.